The molecule has 0 aliphatic carbocycles. The monoisotopic (exact) mass is 642 g/mol. The molecule has 1 amide bonds. The molecular weight excluding hydrogens is 595 g/mol. The van der Waals surface area contributed by atoms with E-state index in [1.165, 1.54) is 16.4 Å². The first kappa shape index (κ1) is 34.5. The Morgan fingerprint density at radius 1 is 1.07 bits per heavy atom. The van der Waals surface area contributed by atoms with Crippen LogP contribution in [0.1, 0.15) is 62.0 Å². The number of aliphatic hydroxyl groups excluding tert-OH is 1. The van der Waals surface area contributed by atoms with Crippen LogP contribution in [0.25, 0.3) is 0 Å². The molecule has 2 unspecified atom stereocenters. The Balaban J connectivity index is 1.62. The lowest BCUT2D eigenvalue weighted by atomic mass is 9.93. The first-order valence-corrected chi connectivity index (χ1v) is 17.0. The first-order chi connectivity index (χ1) is 21.3. The molecule has 9 nitrogen and oxygen atoms in total. The number of hydrogen-bond acceptors (Lipinski definition) is 8. The summed E-state index contributed by atoms with van der Waals surface area (Å²) in [4.78, 5) is 13.8. The van der Waals surface area contributed by atoms with Crippen molar-refractivity contribution in [1.82, 2.24) is 10.6 Å². The summed E-state index contributed by atoms with van der Waals surface area (Å²) < 4.78 is 44.4. The maximum atomic E-state index is 16.2. The molecule has 0 spiro atoms. The second-order valence-corrected chi connectivity index (χ2v) is 14.5. The number of anilines is 2. The number of hydrogen-bond donors (Lipinski definition) is 6. The van der Waals surface area contributed by atoms with E-state index in [0.717, 1.165) is 16.9 Å². The predicted molar refractivity (Wildman–Crippen MR) is 181 cm³/mol. The molecule has 6 N–H and O–H groups in total. The summed E-state index contributed by atoms with van der Waals surface area (Å²) in [6, 6.07) is 19.3. The van der Waals surface area contributed by atoms with Crippen molar-refractivity contribution < 1.29 is 28.1 Å². The average Bonchev–Trinajstić information content (AvgIpc) is 3.00. The number of methoxy groups -OCH3 is 1. The minimum absolute atomic E-state index is 0.0207. The van der Waals surface area contributed by atoms with Crippen LogP contribution in [0, 0.1) is 5.82 Å². The van der Waals surface area contributed by atoms with Gasteiger partial charge in [-0.15, -0.1) is 10.8 Å². The average molecular weight is 643 g/mol. The third kappa shape index (κ3) is 8.89. The molecular formula is C34H47FN4O5S. The van der Waals surface area contributed by atoms with Crippen molar-refractivity contribution in [3.8, 4) is 5.75 Å². The van der Waals surface area contributed by atoms with Crippen molar-refractivity contribution in [2.24, 2.45) is 0 Å². The number of carbonyl (C=O) groups excluding carboxylic acids is 1. The van der Waals surface area contributed by atoms with E-state index < -0.39 is 40.2 Å². The van der Waals surface area contributed by atoms with Crippen LogP contribution in [0.5, 0.6) is 5.75 Å². The minimum atomic E-state index is -3.24. The highest BCUT2D eigenvalue weighted by Crippen LogP contribution is 2.51. The van der Waals surface area contributed by atoms with Crippen LogP contribution in [-0.2, 0) is 12.0 Å². The van der Waals surface area contributed by atoms with E-state index >= 15 is 4.39 Å². The number of halogens is 1. The second kappa shape index (κ2) is 14.8. The zero-order chi connectivity index (χ0) is 32.8. The largest absolute Gasteiger partial charge is 0.497 e. The molecule has 0 radical (unpaired) electrons. The molecule has 2 atom stereocenters. The molecule has 1 aliphatic rings. The number of aliphatic hydroxyl groups is 1. The Hall–Kier alpha value is -3.35. The highest BCUT2D eigenvalue weighted by molar-refractivity contribution is 8.25. The summed E-state index contributed by atoms with van der Waals surface area (Å²) >= 11 is 0. The van der Waals surface area contributed by atoms with Crippen LogP contribution in [0.2, 0.25) is 0 Å². The van der Waals surface area contributed by atoms with Gasteiger partial charge in [0.25, 0.3) is 5.91 Å². The van der Waals surface area contributed by atoms with Gasteiger partial charge in [0.05, 0.1) is 36.3 Å². The van der Waals surface area contributed by atoms with Crippen LogP contribution in [0.15, 0.2) is 66.7 Å². The maximum absolute atomic E-state index is 16.2. The molecule has 246 valence electrons. The fourth-order valence-corrected chi connectivity index (χ4v) is 7.15. The van der Waals surface area contributed by atoms with Gasteiger partial charge in [-0.25, -0.2) is 4.39 Å². The molecule has 45 heavy (non-hydrogen) atoms. The number of nitrogens with zero attached hydrogens (tertiary/aromatic N) is 1. The van der Waals surface area contributed by atoms with Crippen LogP contribution < -0.4 is 25.0 Å². The Labute approximate surface area is 267 Å². The van der Waals surface area contributed by atoms with Gasteiger partial charge in [0, 0.05) is 30.4 Å². The number of nitrogens with one attached hydrogen (secondary N) is 3. The Morgan fingerprint density at radius 2 is 1.80 bits per heavy atom. The van der Waals surface area contributed by atoms with E-state index in [4.69, 9.17) is 4.74 Å². The van der Waals surface area contributed by atoms with E-state index in [1.54, 1.807) is 7.11 Å². The fourth-order valence-electron chi connectivity index (χ4n) is 5.47. The van der Waals surface area contributed by atoms with Crippen molar-refractivity contribution in [1.29, 1.82) is 0 Å². The highest BCUT2D eigenvalue weighted by Gasteiger charge is 2.33. The van der Waals surface area contributed by atoms with Gasteiger partial charge in [-0.2, -0.15) is 0 Å². The van der Waals surface area contributed by atoms with E-state index in [1.807, 2.05) is 82.3 Å². The summed E-state index contributed by atoms with van der Waals surface area (Å²) in [7, 11) is -1.63. The van der Waals surface area contributed by atoms with Crippen LogP contribution in [-0.4, -0.2) is 64.3 Å². The number of amides is 1. The molecule has 1 saturated heterocycles. The first-order valence-electron chi connectivity index (χ1n) is 15.4. The van der Waals surface area contributed by atoms with Crippen molar-refractivity contribution in [2.75, 3.05) is 35.6 Å². The number of rotatable bonds is 13. The number of carbonyl (C=O) groups is 1. The van der Waals surface area contributed by atoms with E-state index in [9.17, 15) is 19.0 Å². The van der Waals surface area contributed by atoms with Crippen molar-refractivity contribution >= 4 is 28.1 Å². The lowest BCUT2D eigenvalue weighted by Gasteiger charge is -2.47. The minimum Gasteiger partial charge on any atom is -0.497 e. The standard InChI is InChI=1S/C34H47FN4O5S/c1-23(2)37-26-20-28(32(35)30(21-26)39-16-9-10-17-45(39,42)43)33(41)38-29(18-24-12-7-6-8-13-24)31(40)22-36-34(3,4)25-14-11-15-27(19-25)44-5/h6-8,11-15,19-21,23,29,31,36-37,40,42-43H,9-10,16-18,22H2,1-5H3,(H,38,41). The lowest BCUT2D eigenvalue weighted by Crippen LogP contribution is -2.51. The van der Waals surface area contributed by atoms with Crippen LogP contribution in [0.3, 0.4) is 0 Å². The Bertz CT molecular complexity index is 1440. The predicted octanol–water partition coefficient (Wildman–Crippen LogP) is 6.15. The van der Waals surface area contributed by atoms with Gasteiger partial charge in [-0.1, -0.05) is 42.5 Å². The van der Waals surface area contributed by atoms with Gasteiger partial charge in [0.15, 0.2) is 5.82 Å². The van der Waals surface area contributed by atoms with Crippen molar-refractivity contribution in [2.45, 2.75) is 70.7 Å². The molecule has 0 bridgehead atoms. The second-order valence-electron chi connectivity index (χ2n) is 12.4. The summed E-state index contributed by atoms with van der Waals surface area (Å²) in [5.74, 6) is -0.686. The molecule has 1 heterocycles. The Kier molecular flexibility index (Phi) is 11.4. The van der Waals surface area contributed by atoms with Crippen LogP contribution >= 0.6 is 10.8 Å². The zero-order valence-electron chi connectivity index (χ0n) is 26.7. The zero-order valence-corrected chi connectivity index (χ0v) is 27.5. The van der Waals surface area contributed by atoms with Gasteiger partial charge in [-0.05, 0) is 82.3 Å². The van der Waals surface area contributed by atoms with E-state index in [0.29, 0.717) is 24.9 Å². The quantitative estimate of drug-likeness (QED) is 0.131. The molecule has 0 saturated carbocycles. The summed E-state index contributed by atoms with van der Waals surface area (Å²) in [5, 5.41) is 21.0. The van der Waals surface area contributed by atoms with Gasteiger partial charge in [0.2, 0.25) is 0 Å². The van der Waals surface area contributed by atoms with Crippen LogP contribution in [0.4, 0.5) is 15.8 Å². The third-order valence-electron chi connectivity index (χ3n) is 8.03. The molecule has 1 fully saturated rings. The Morgan fingerprint density at radius 3 is 2.47 bits per heavy atom. The highest BCUT2D eigenvalue weighted by atomic mass is 32.3. The fraction of sp³-hybridized carbons (Fsp3) is 0.441. The molecule has 11 heteroatoms. The van der Waals surface area contributed by atoms with Gasteiger partial charge < -0.3 is 25.8 Å². The normalized spacial score (nSPS) is 17.0. The smallest absolute Gasteiger partial charge is 0.254 e. The summed E-state index contributed by atoms with van der Waals surface area (Å²) in [6.07, 6.45) is 0.565. The number of ether oxygens (including phenoxy) is 1. The molecule has 0 aromatic heterocycles. The van der Waals surface area contributed by atoms with Gasteiger partial charge in [0.1, 0.15) is 5.75 Å². The topological polar surface area (TPSA) is 126 Å². The number of benzene rings is 3. The summed E-state index contributed by atoms with van der Waals surface area (Å²) in [6.45, 7) is 8.23. The van der Waals surface area contributed by atoms with Crippen molar-refractivity contribution in [3.05, 3.63) is 89.2 Å². The van der Waals surface area contributed by atoms with Gasteiger partial charge in [-0.3, -0.25) is 18.2 Å². The van der Waals surface area contributed by atoms with E-state index in [-0.39, 0.29) is 36.1 Å². The molecule has 3 aromatic carbocycles. The lowest BCUT2D eigenvalue weighted by molar-refractivity contribution is 0.0810. The van der Waals surface area contributed by atoms with Gasteiger partial charge >= 0.3 is 0 Å². The third-order valence-corrected chi connectivity index (χ3v) is 9.95. The molecule has 4 rings (SSSR count). The molecule has 1 aliphatic heterocycles. The van der Waals surface area contributed by atoms with E-state index in [2.05, 4.69) is 16.0 Å². The summed E-state index contributed by atoms with van der Waals surface area (Å²) in [5.41, 5.74) is 1.53. The maximum Gasteiger partial charge on any atom is 0.254 e. The van der Waals surface area contributed by atoms with Crippen molar-refractivity contribution in [3.63, 3.8) is 0 Å². The SMILES string of the molecule is COc1cccc(C(C)(C)NCC(O)C(Cc2ccccc2)NC(=O)c2cc(NC(C)C)cc(N3CCCCS3(O)O)c2F)c1. The molecule has 3 aromatic rings.